The normalized spacial score (nSPS) is 26.7. The highest BCUT2D eigenvalue weighted by molar-refractivity contribution is 7.62. The van der Waals surface area contributed by atoms with E-state index in [9.17, 15) is 4.57 Å². The van der Waals surface area contributed by atoms with Gasteiger partial charge in [-0.2, -0.15) is 0 Å². The number of rotatable bonds is 3. The summed E-state index contributed by atoms with van der Waals surface area (Å²) in [4.78, 5) is 0. The lowest BCUT2D eigenvalue weighted by Crippen LogP contribution is -2.43. The van der Waals surface area contributed by atoms with E-state index in [1.54, 1.807) is 0 Å². The standard InChI is InChI=1S/C16H25O3P/c1-13(2)16(14(3)4)11-8-12-18-20(17,19-16)15-9-6-5-7-10-15/h5-7,9-10,13-14H,8,11-12H2,1-4H3. The third-order valence-corrected chi connectivity index (χ3v) is 6.32. The van der Waals surface area contributed by atoms with Gasteiger partial charge in [-0.15, -0.1) is 0 Å². The molecular weight excluding hydrogens is 271 g/mol. The van der Waals surface area contributed by atoms with Gasteiger partial charge >= 0.3 is 7.60 Å². The molecule has 3 nitrogen and oxygen atoms in total. The molecule has 1 saturated heterocycles. The SMILES string of the molecule is CC(C)C1(C(C)C)CCCOP(=O)(c2ccccc2)O1. The Labute approximate surface area is 122 Å². The van der Waals surface area contributed by atoms with Gasteiger partial charge in [-0.05, 0) is 36.8 Å². The van der Waals surface area contributed by atoms with Crippen molar-refractivity contribution in [2.45, 2.75) is 46.1 Å². The van der Waals surface area contributed by atoms with Crippen LogP contribution in [0.25, 0.3) is 0 Å². The van der Waals surface area contributed by atoms with Crippen molar-refractivity contribution >= 4 is 12.9 Å². The maximum absolute atomic E-state index is 13.2. The van der Waals surface area contributed by atoms with Gasteiger partial charge in [0, 0.05) is 0 Å². The van der Waals surface area contributed by atoms with Crippen molar-refractivity contribution < 1.29 is 13.6 Å². The van der Waals surface area contributed by atoms with Crippen LogP contribution in [-0.2, 0) is 13.6 Å². The molecule has 20 heavy (non-hydrogen) atoms. The van der Waals surface area contributed by atoms with Crippen molar-refractivity contribution in [1.82, 2.24) is 0 Å². The maximum Gasteiger partial charge on any atom is 0.361 e. The minimum atomic E-state index is -3.24. The van der Waals surface area contributed by atoms with Crippen molar-refractivity contribution in [3.05, 3.63) is 30.3 Å². The van der Waals surface area contributed by atoms with Crippen LogP contribution in [0.3, 0.4) is 0 Å². The van der Waals surface area contributed by atoms with Gasteiger partial charge in [-0.25, -0.2) is 0 Å². The van der Waals surface area contributed by atoms with Crippen LogP contribution in [0.4, 0.5) is 0 Å². The van der Waals surface area contributed by atoms with Crippen molar-refractivity contribution in [3.63, 3.8) is 0 Å². The number of hydrogen-bond acceptors (Lipinski definition) is 3. The second kappa shape index (κ2) is 6.01. The van der Waals surface area contributed by atoms with Crippen LogP contribution in [0.15, 0.2) is 30.3 Å². The molecule has 1 aromatic carbocycles. The molecule has 0 N–H and O–H groups in total. The first-order valence-corrected chi connectivity index (χ1v) is 8.96. The first-order chi connectivity index (χ1) is 9.41. The molecule has 112 valence electrons. The Hall–Kier alpha value is -0.630. The Morgan fingerprint density at radius 3 is 2.25 bits per heavy atom. The van der Waals surface area contributed by atoms with Crippen LogP contribution >= 0.6 is 7.60 Å². The zero-order chi connectivity index (χ0) is 14.8. The van der Waals surface area contributed by atoms with E-state index in [1.807, 2.05) is 30.3 Å². The van der Waals surface area contributed by atoms with E-state index >= 15 is 0 Å². The van der Waals surface area contributed by atoms with Crippen LogP contribution in [0.1, 0.15) is 40.5 Å². The monoisotopic (exact) mass is 296 g/mol. The predicted octanol–water partition coefficient (Wildman–Crippen LogP) is 4.38. The average molecular weight is 296 g/mol. The smallest absolute Gasteiger partial charge is 0.305 e. The van der Waals surface area contributed by atoms with E-state index in [0.717, 1.165) is 12.8 Å². The van der Waals surface area contributed by atoms with Crippen molar-refractivity contribution in [3.8, 4) is 0 Å². The molecule has 1 atom stereocenters. The Balaban J connectivity index is 2.43. The summed E-state index contributed by atoms with van der Waals surface area (Å²) in [6.45, 7) is 9.05. The first kappa shape index (κ1) is 15.8. The molecule has 1 aliphatic rings. The Morgan fingerprint density at radius 1 is 1.10 bits per heavy atom. The summed E-state index contributed by atoms with van der Waals surface area (Å²) in [7, 11) is -3.24. The summed E-state index contributed by atoms with van der Waals surface area (Å²) in [5, 5.41) is 0.660. The van der Waals surface area contributed by atoms with Crippen LogP contribution in [-0.4, -0.2) is 12.2 Å². The first-order valence-electron chi connectivity index (χ1n) is 7.42. The van der Waals surface area contributed by atoms with Crippen LogP contribution in [0, 0.1) is 11.8 Å². The quantitative estimate of drug-likeness (QED) is 0.776. The molecule has 2 rings (SSSR count). The van der Waals surface area contributed by atoms with E-state index in [1.165, 1.54) is 0 Å². The second-order valence-electron chi connectivity index (χ2n) is 6.13. The molecule has 0 bridgehead atoms. The molecule has 0 aromatic heterocycles. The summed E-state index contributed by atoms with van der Waals surface area (Å²) in [5.41, 5.74) is -0.387. The average Bonchev–Trinajstić information content (AvgIpc) is 2.61. The van der Waals surface area contributed by atoms with E-state index < -0.39 is 7.60 Å². The largest absolute Gasteiger partial charge is 0.361 e. The van der Waals surface area contributed by atoms with Crippen LogP contribution < -0.4 is 5.30 Å². The van der Waals surface area contributed by atoms with Gasteiger partial charge in [-0.3, -0.25) is 9.09 Å². The van der Waals surface area contributed by atoms with Gasteiger partial charge < -0.3 is 4.52 Å². The molecule has 1 aliphatic heterocycles. The minimum Gasteiger partial charge on any atom is -0.305 e. The van der Waals surface area contributed by atoms with Crippen LogP contribution in [0.5, 0.6) is 0 Å². The van der Waals surface area contributed by atoms with Gasteiger partial charge in [0.2, 0.25) is 0 Å². The van der Waals surface area contributed by atoms with E-state index in [0.29, 0.717) is 23.7 Å². The molecule has 1 fully saturated rings. The number of benzene rings is 1. The fourth-order valence-electron chi connectivity index (χ4n) is 3.02. The molecule has 4 heteroatoms. The van der Waals surface area contributed by atoms with E-state index in [4.69, 9.17) is 9.05 Å². The van der Waals surface area contributed by atoms with Crippen molar-refractivity contribution in [1.29, 1.82) is 0 Å². The third kappa shape index (κ3) is 2.86. The highest BCUT2D eigenvalue weighted by Crippen LogP contribution is 2.56. The Morgan fingerprint density at radius 2 is 1.70 bits per heavy atom. The molecule has 0 saturated carbocycles. The van der Waals surface area contributed by atoms with Crippen molar-refractivity contribution in [2.75, 3.05) is 6.61 Å². The summed E-state index contributed by atoms with van der Waals surface area (Å²) < 4.78 is 25.1. The molecule has 0 radical (unpaired) electrons. The minimum absolute atomic E-state index is 0.293. The highest BCUT2D eigenvalue weighted by Gasteiger charge is 2.47. The molecular formula is C16H25O3P. The summed E-state index contributed by atoms with van der Waals surface area (Å²) in [6.07, 6.45) is 1.77. The van der Waals surface area contributed by atoms with Gasteiger partial charge in [-0.1, -0.05) is 45.9 Å². The van der Waals surface area contributed by atoms with Gasteiger partial charge in [0.05, 0.1) is 17.5 Å². The summed E-state index contributed by atoms with van der Waals surface area (Å²) >= 11 is 0. The molecule has 1 unspecified atom stereocenters. The molecule has 1 heterocycles. The zero-order valence-corrected chi connectivity index (χ0v) is 13.7. The predicted molar refractivity (Wildman–Crippen MR) is 82.4 cm³/mol. The van der Waals surface area contributed by atoms with Crippen LogP contribution in [0.2, 0.25) is 0 Å². The molecule has 0 spiro atoms. The molecule has 1 aromatic rings. The lowest BCUT2D eigenvalue weighted by atomic mass is 9.77. The summed E-state index contributed by atoms with van der Waals surface area (Å²) in [5.74, 6) is 0.586. The second-order valence-corrected chi connectivity index (χ2v) is 8.08. The van der Waals surface area contributed by atoms with E-state index in [-0.39, 0.29) is 5.60 Å². The lowest BCUT2D eigenvalue weighted by Gasteiger charge is -2.41. The number of hydrogen-bond donors (Lipinski definition) is 0. The topological polar surface area (TPSA) is 35.5 Å². The zero-order valence-electron chi connectivity index (χ0n) is 12.8. The van der Waals surface area contributed by atoms with Gasteiger partial charge in [0.15, 0.2) is 0 Å². The maximum atomic E-state index is 13.2. The lowest BCUT2D eigenvalue weighted by molar-refractivity contribution is -0.0261. The molecule has 0 amide bonds. The third-order valence-electron chi connectivity index (χ3n) is 4.29. The Kier molecular flexibility index (Phi) is 4.73. The Bertz CT molecular complexity index is 474. The highest BCUT2D eigenvalue weighted by atomic mass is 31.2. The fraction of sp³-hybridized carbons (Fsp3) is 0.625. The van der Waals surface area contributed by atoms with Gasteiger partial charge in [0.25, 0.3) is 0 Å². The fourth-order valence-corrected chi connectivity index (χ4v) is 5.20. The van der Waals surface area contributed by atoms with Gasteiger partial charge in [0.1, 0.15) is 0 Å². The van der Waals surface area contributed by atoms with Crippen molar-refractivity contribution in [2.24, 2.45) is 11.8 Å². The summed E-state index contributed by atoms with van der Waals surface area (Å²) in [6, 6.07) is 9.32. The van der Waals surface area contributed by atoms with E-state index in [2.05, 4.69) is 27.7 Å². The molecule has 0 aliphatic carbocycles.